The highest BCUT2D eigenvalue weighted by Gasteiger charge is 2.16. The van der Waals surface area contributed by atoms with Gasteiger partial charge in [0.1, 0.15) is 6.04 Å². The summed E-state index contributed by atoms with van der Waals surface area (Å²) in [6, 6.07) is 7.01. The first kappa shape index (κ1) is 22.7. The topological polar surface area (TPSA) is 87.3 Å². The molecule has 1 rings (SSSR count). The van der Waals surface area contributed by atoms with Gasteiger partial charge >= 0.3 is 0 Å². The Morgan fingerprint density at radius 1 is 0.889 bits per heavy atom. The van der Waals surface area contributed by atoms with Gasteiger partial charge in [-0.2, -0.15) is 0 Å². The van der Waals surface area contributed by atoms with Crippen LogP contribution in [0.25, 0.3) is 0 Å². The van der Waals surface area contributed by atoms with E-state index in [1.54, 1.807) is 6.92 Å². The van der Waals surface area contributed by atoms with Crippen molar-refractivity contribution in [3.05, 3.63) is 29.8 Å². The number of hydrogen-bond acceptors (Lipinski definition) is 3. The van der Waals surface area contributed by atoms with E-state index in [1.165, 1.54) is 5.56 Å². The van der Waals surface area contributed by atoms with Crippen molar-refractivity contribution in [2.24, 2.45) is 11.8 Å². The van der Waals surface area contributed by atoms with Crippen molar-refractivity contribution in [3.8, 4) is 0 Å². The normalized spacial score (nSPS) is 12.0. The predicted octanol–water partition coefficient (Wildman–Crippen LogP) is 2.88. The van der Waals surface area contributed by atoms with Crippen LogP contribution in [0.5, 0.6) is 0 Å². The Morgan fingerprint density at radius 3 is 2.07 bits per heavy atom. The number of carbonyl (C=O) groups excluding carboxylic acids is 3. The standard InChI is InChI=1S/C21H33N3O3/c1-14(2)6-11-19(25)22-13-20(26)23-16(5)21(27)24-18-9-7-17(8-10-18)12-15(3)4/h7-10,14-16H,6,11-13H2,1-5H3,(H,22,25)(H,23,26)(H,24,27). The fourth-order valence-electron chi connectivity index (χ4n) is 2.49. The molecule has 3 amide bonds. The van der Waals surface area contributed by atoms with Gasteiger partial charge in [0.2, 0.25) is 17.7 Å². The van der Waals surface area contributed by atoms with Crippen molar-refractivity contribution < 1.29 is 14.4 Å². The predicted molar refractivity (Wildman–Crippen MR) is 108 cm³/mol. The van der Waals surface area contributed by atoms with Crippen molar-refractivity contribution in [3.63, 3.8) is 0 Å². The van der Waals surface area contributed by atoms with Crippen LogP contribution >= 0.6 is 0 Å². The van der Waals surface area contributed by atoms with Gasteiger partial charge in [0.05, 0.1) is 6.54 Å². The summed E-state index contributed by atoms with van der Waals surface area (Å²) in [6.07, 6.45) is 2.17. The van der Waals surface area contributed by atoms with E-state index in [-0.39, 0.29) is 24.3 Å². The molecule has 0 aromatic heterocycles. The average Bonchev–Trinajstić information content (AvgIpc) is 2.59. The lowest BCUT2D eigenvalue weighted by molar-refractivity contribution is -0.128. The molecular formula is C21H33N3O3. The Hall–Kier alpha value is -2.37. The van der Waals surface area contributed by atoms with Gasteiger partial charge < -0.3 is 16.0 Å². The zero-order valence-corrected chi connectivity index (χ0v) is 17.1. The highest BCUT2D eigenvalue weighted by molar-refractivity contribution is 5.97. The van der Waals surface area contributed by atoms with Gasteiger partial charge in [0.15, 0.2) is 0 Å². The first-order chi connectivity index (χ1) is 12.7. The van der Waals surface area contributed by atoms with Crippen LogP contribution in [0.15, 0.2) is 24.3 Å². The lowest BCUT2D eigenvalue weighted by Gasteiger charge is -2.15. The summed E-state index contributed by atoms with van der Waals surface area (Å²) in [6.45, 7) is 9.88. The van der Waals surface area contributed by atoms with Gasteiger partial charge in [-0.25, -0.2) is 0 Å². The van der Waals surface area contributed by atoms with Crippen LogP contribution in [-0.2, 0) is 20.8 Å². The largest absolute Gasteiger partial charge is 0.347 e. The smallest absolute Gasteiger partial charge is 0.246 e. The van der Waals surface area contributed by atoms with E-state index in [0.29, 0.717) is 23.9 Å². The monoisotopic (exact) mass is 375 g/mol. The molecule has 0 aliphatic rings. The SMILES string of the molecule is CC(C)CCC(=O)NCC(=O)NC(C)C(=O)Nc1ccc(CC(C)C)cc1. The van der Waals surface area contributed by atoms with Crippen LogP contribution in [0.1, 0.15) is 53.0 Å². The van der Waals surface area contributed by atoms with E-state index in [2.05, 4.69) is 29.8 Å². The summed E-state index contributed by atoms with van der Waals surface area (Å²) < 4.78 is 0. The second-order valence-corrected chi connectivity index (χ2v) is 7.78. The summed E-state index contributed by atoms with van der Waals surface area (Å²) in [5, 5.41) is 7.95. The third-order valence-electron chi connectivity index (χ3n) is 4.03. The van der Waals surface area contributed by atoms with Crippen LogP contribution in [0.4, 0.5) is 5.69 Å². The molecule has 0 spiro atoms. The van der Waals surface area contributed by atoms with Crippen LogP contribution in [-0.4, -0.2) is 30.3 Å². The van der Waals surface area contributed by atoms with Crippen LogP contribution < -0.4 is 16.0 Å². The number of anilines is 1. The van der Waals surface area contributed by atoms with Gasteiger partial charge in [-0.3, -0.25) is 14.4 Å². The van der Waals surface area contributed by atoms with Gasteiger partial charge in [-0.1, -0.05) is 39.8 Å². The summed E-state index contributed by atoms with van der Waals surface area (Å²) in [5.41, 5.74) is 1.91. The van der Waals surface area contributed by atoms with Gasteiger partial charge in [-0.05, 0) is 49.3 Å². The molecular weight excluding hydrogens is 342 g/mol. The number of benzene rings is 1. The van der Waals surface area contributed by atoms with Crippen LogP contribution in [0, 0.1) is 11.8 Å². The van der Waals surface area contributed by atoms with Gasteiger partial charge in [0.25, 0.3) is 0 Å². The average molecular weight is 376 g/mol. The lowest BCUT2D eigenvalue weighted by atomic mass is 10.0. The van der Waals surface area contributed by atoms with Crippen molar-refractivity contribution >= 4 is 23.4 Å². The summed E-state index contributed by atoms with van der Waals surface area (Å²) in [7, 11) is 0. The quantitative estimate of drug-likeness (QED) is 0.588. The Balaban J connectivity index is 2.38. The lowest BCUT2D eigenvalue weighted by Crippen LogP contribution is -2.45. The highest BCUT2D eigenvalue weighted by Crippen LogP contribution is 2.13. The zero-order chi connectivity index (χ0) is 20.4. The fourth-order valence-corrected chi connectivity index (χ4v) is 2.49. The maximum Gasteiger partial charge on any atom is 0.246 e. The Bertz CT molecular complexity index is 624. The minimum atomic E-state index is -0.694. The van der Waals surface area contributed by atoms with Gasteiger partial charge in [0, 0.05) is 12.1 Å². The first-order valence-electron chi connectivity index (χ1n) is 9.63. The molecule has 27 heavy (non-hydrogen) atoms. The molecule has 0 fully saturated rings. The molecule has 0 saturated carbocycles. The zero-order valence-electron chi connectivity index (χ0n) is 17.1. The van der Waals surface area contributed by atoms with Crippen molar-refractivity contribution in [2.45, 2.75) is 59.9 Å². The third-order valence-corrected chi connectivity index (χ3v) is 4.03. The number of carbonyl (C=O) groups is 3. The van der Waals surface area contributed by atoms with Crippen LogP contribution in [0.2, 0.25) is 0 Å². The second kappa shape index (κ2) is 11.4. The molecule has 6 heteroatoms. The first-order valence-corrected chi connectivity index (χ1v) is 9.63. The molecule has 1 aromatic rings. The number of amides is 3. The molecule has 0 heterocycles. The van der Waals surface area contributed by atoms with Crippen LogP contribution in [0.3, 0.4) is 0 Å². The summed E-state index contributed by atoms with van der Waals surface area (Å²) in [5.74, 6) is 0.172. The van der Waals surface area contributed by atoms with E-state index in [4.69, 9.17) is 0 Å². The molecule has 0 saturated heterocycles. The third kappa shape index (κ3) is 9.78. The van der Waals surface area contributed by atoms with Crippen molar-refractivity contribution in [2.75, 3.05) is 11.9 Å². The second-order valence-electron chi connectivity index (χ2n) is 7.78. The Morgan fingerprint density at radius 2 is 1.52 bits per heavy atom. The molecule has 6 nitrogen and oxygen atoms in total. The molecule has 0 aliphatic carbocycles. The van der Waals surface area contributed by atoms with E-state index < -0.39 is 6.04 Å². The molecule has 1 atom stereocenters. The summed E-state index contributed by atoms with van der Waals surface area (Å²) in [4.78, 5) is 35.7. The maximum absolute atomic E-state index is 12.2. The number of rotatable bonds is 10. The van der Waals surface area contributed by atoms with Crippen molar-refractivity contribution in [1.29, 1.82) is 0 Å². The van der Waals surface area contributed by atoms with Gasteiger partial charge in [-0.15, -0.1) is 0 Å². The molecule has 1 unspecified atom stereocenters. The molecule has 0 bridgehead atoms. The van der Waals surface area contributed by atoms with E-state index in [9.17, 15) is 14.4 Å². The highest BCUT2D eigenvalue weighted by atomic mass is 16.2. The van der Waals surface area contributed by atoms with E-state index >= 15 is 0 Å². The number of hydrogen-bond donors (Lipinski definition) is 3. The molecule has 1 aromatic carbocycles. The molecule has 0 radical (unpaired) electrons. The maximum atomic E-state index is 12.2. The fraction of sp³-hybridized carbons (Fsp3) is 0.571. The molecule has 0 aliphatic heterocycles. The summed E-state index contributed by atoms with van der Waals surface area (Å²) >= 11 is 0. The Labute approximate surface area is 162 Å². The Kier molecular flexibility index (Phi) is 9.54. The van der Waals surface area contributed by atoms with E-state index in [1.807, 2.05) is 38.1 Å². The molecule has 150 valence electrons. The number of nitrogens with one attached hydrogen (secondary N) is 3. The van der Waals surface area contributed by atoms with Crippen molar-refractivity contribution in [1.82, 2.24) is 10.6 Å². The minimum Gasteiger partial charge on any atom is -0.347 e. The molecule has 3 N–H and O–H groups in total. The van der Waals surface area contributed by atoms with E-state index in [0.717, 1.165) is 12.8 Å². The minimum absolute atomic E-state index is 0.127.